The number of benzene rings is 1. The number of fused-ring (bicyclic) bond motifs is 1. The summed E-state index contributed by atoms with van der Waals surface area (Å²) in [6.45, 7) is -0.454. The average Bonchev–Trinajstić information content (AvgIpc) is 2.38. The van der Waals surface area contributed by atoms with E-state index in [1.54, 1.807) is 0 Å². The molecule has 2 rings (SSSR count). The number of pyridine rings is 1. The summed E-state index contributed by atoms with van der Waals surface area (Å²) in [6.07, 6.45) is -10.9. The predicted octanol–water partition coefficient (Wildman–Crippen LogP) is 4.07. The lowest BCUT2D eigenvalue weighted by Gasteiger charge is -2.16. The fourth-order valence-electron chi connectivity index (χ4n) is 2.32. The van der Waals surface area contributed by atoms with Crippen LogP contribution in [-0.2, 0) is 12.7 Å². The summed E-state index contributed by atoms with van der Waals surface area (Å²) in [6, 6.07) is 3.62. The molecule has 0 saturated heterocycles. The van der Waals surface area contributed by atoms with Crippen LogP contribution >= 0.6 is 0 Å². The second-order valence-electron chi connectivity index (χ2n) is 4.94. The Bertz CT molecular complexity index is 776. The van der Waals surface area contributed by atoms with Gasteiger partial charge in [-0.15, -0.1) is 0 Å². The quantitative estimate of drug-likeness (QED) is 0.857. The molecule has 1 heterocycles. The fourth-order valence-corrected chi connectivity index (χ4v) is 2.32. The number of aromatic nitrogens is 1. The molecule has 23 heavy (non-hydrogen) atoms. The maximum atomic E-state index is 13.0. The van der Waals surface area contributed by atoms with Crippen LogP contribution in [0.15, 0.2) is 29.1 Å². The largest absolute Gasteiger partial charge is 0.506 e. The zero-order chi connectivity index (χ0) is 17.4. The number of hydrogen-bond donors (Lipinski definition) is 1. The number of alkyl halides is 6. The van der Waals surface area contributed by atoms with Crippen LogP contribution in [0.2, 0.25) is 0 Å². The minimum Gasteiger partial charge on any atom is -0.506 e. The standard InChI is InChI=1S/C14H11F6NO2/c15-13(16,17)5-2-6-21-11(23)7-9(14(18,19)20)8-3-1-4-10(22)12(8)21/h1,3-4,7,22H,2,5-6H2. The molecule has 1 aromatic heterocycles. The van der Waals surface area contributed by atoms with E-state index in [1.807, 2.05) is 0 Å². The number of para-hydroxylation sites is 1. The van der Waals surface area contributed by atoms with Crippen molar-refractivity contribution in [2.24, 2.45) is 0 Å². The number of phenols is 1. The van der Waals surface area contributed by atoms with Crippen LogP contribution in [0, 0.1) is 0 Å². The Hall–Kier alpha value is -2.19. The van der Waals surface area contributed by atoms with Gasteiger partial charge in [-0.3, -0.25) is 4.79 Å². The Morgan fingerprint density at radius 1 is 1.09 bits per heavy atom. The lowest BCUT2D eigenvalue weighted by Crippen LogP contribution is -2.24. The van der Waals surface area contributed by atoms with Gasteiger partial charge in [-0.05, 0) is 12.5 Å². The highest BCUT2D eigenvalue weighted by Gasteiger charge is 2.34. The SMILES string of the molecule is O=c1cc(C(F)(F)F)c2cccc(O)c2n1CCCC(F)(F)F. The number of halogens is 6. The van der Waals surface area contributed by atoms with Crippen molar-refractivity contribution in [1.82, 2.24) is 4.57 Å². The van der Waals surface area contributed by atoms with E-state index < -0.39 is 59.5 Å². The first kappa shape index (κ1) is 17.2. The summed E-state index contributed by atoms with van der Waals surface area (Å²) in [5.74, 6) is -0.599. The highest BCUT2D eigenvalue weighted by molar-refractivity contribution is 5.88. The van der Waals surface area contributed by atoms with Crippen molar-refractivity contribution in [3.05, 3.63) is 40.2 Å². The molecule has 126 valence electrons. The number of rotatable bonds is 3. The van der Waals surface area contributed by atoms with Gasteiger partial charge < -0.3 is 9.67 Å². The maximum absolute atomic E-state index is 13.0. The third kappa shape index (κ3) is 3.77. The van der Waals surface area contributed by atoms with Crippen molar-refractivity contribution in [3.8, 4) is 5.75 Å². The third-order valence-electron chi connectivity index (χ3n) is 3.26. The van der Waals surface area contributed by atoms with Crippen LogP contribution in [0.4, 0.5) is 26.3 Å². The normalized spacial score (nSPS) is 12.8. The van der Waals surface area contributed by atoms with Gasteiger partial charge in [0.1, 0.15) is 5.75 Å². The molecule has 2 aromatic rings. The first-order chi connectivity index (χ1) is 10.5. The molecule has 0 fully saturated rings. The van der Waals surface area contributed by atoms with Crippen molar-refractivity contribution >= 4 is 10.9 Å². The third-order valence-corrected chi connectivity index (χ3v) is 3.26. The molecular weight excluding hydrogens is 328 g/mol. The van der Waals surface area contributed by atoms with E-state index in [9.17, 15) is 36.2 Å². The first-order valence-electron chi connectivity index (χ1n) is 6.50. The van der Waals surface area contributed by atoms with Crippen molar-refractivity contribution < 1.29 is 31.4 Å². The second-order valence-corrected chi connectivity index (χ2v) is 4.94. The molecule has 0 radical (unpaired) electrons. The van der Waals surface area contributed by atoms with Gasteiger partial charge in [0.2, 0.25) is 0 Å². The maximum Gasteiger partial charge on any atom is 0.417 e. The van der Waals surface area contributed by atoms with E-state index in [1.165, 1.54) is 0 Å². The Balaban J connectivity index is 2.58. The van der Waals surface area contributed by atoms with Crippen LogP contribution in [-0.4, -0.2) is 15.8 Å². The molecule has 0 atom stereocenters. The molecule has 0 spiro atoms. The zero-order valence-corrected chi connectivity index (χ0v) is 11.5. The van der Waals surface area contributed by atoms with E-state index in [4.69, 9.17) is 0 Å². The Kier molecular flexibility index (Phi) is 4.32. The molecule has 0 aliphatic rings. The van der Waals surface area contributed by atoms with Crippen molar-refractivity contribution in [2.45, 2.75) is 31.7 Å². The highest BCUT2D eigenvalue weighted by atomic mass is 19.4. The summed E-state index contributed by atoms with van der Waals surface area (Å²) in [7, 11) is 0. The lowest BCUT2D eigenvalue weighted by atomic mass is 10.1. The average molecular weight is 339 g/mol. The molecule has 0 saturated carbocycles. The Labute approximate surface area is 125 Å². The molecule has 0 unspecified atom stereocenters. The molecular formula is C14H11F6NO2. The zero-order valence-electron chi connectivity index (χ0n) is 11.5. The van der Waals surface area contributed by atoms with Crippen molar-refractivity contribution in [3.63, 3.8) is 0 Å². The van der Waals surface area contributed by atoms with E-state index in [0.717, 1.165) is 22.8 Å². The van der Waals surface area contributed by atoms with Gasteiger partial charge in [0.15, 0.2) is 0 Å². The second kappa shape index (κ2) is 5.78. The van der Waals surface area contributed by atoms with Crippen LogP contribution < -0.4 is 5.56 Å². The Morgan fingerprint density at radius 3 is 2.30 bits per heavy atom. The fraction of sp³-hybridized carbons (Fsp3) is 0.357. The monoisotopic (exact) mass is 339 g/mol. The first-order valence-corrected chi connectivity index (χ1v) is 6.50. The molecule has 1 N–H and O–H groups in total. The van der Waals surface area contributed by atoms with E-state index in [-0.39, 0.29) is 0 Å². The number of aromatic hydroxyl groups is 1. The highest BCUT2D eigenvalue weighted by Crippen LogP contribution is 2.36. The van der Waals surface area contributed by atoms with Gasteiger partial charge in [-0.1, -0.05) is 12.1 Å². The molecule has 3 nitrogen and oxygen atoms in total. The van der Waals surface area contributed by atoms with Crippen LogP contribution in [0.25, 0.3) is 10.9 Å². The summed E-state index contributed by atoms with van der Waals surface area (Å²) < 4.78 is 76.3. The van der Waals surface area contributed by atoms with Crippen LogP contribution in [0.3, 0.4) is 0 Å². The molecule has 0 aliphatic heterocycles. The molecule has 9 heteroatoms. The van der Waals surface area contributed by atoms with Gasteiger partial charge in [0, 0.05) is 24.4 Å². The number of phenolic OH excluding ortho intramolecular Hbond substituents is 1. The summed E-state index contributed by atoms with van der Waals surface area (Å²) in [4.78, 5) is 11.9. The smallest absolute Gasteiger partial charge is 0.417 e. The van der Waals surface area contributed by atoms with Crippen LogP contribution in [0.5, 0.6) is 5.75 Å². The molecule has 1 aromatic carbocycles. The lowest BCUT2D eigenvalue weighted by molar-refractivity contribution is -0.136. The summed E-state index contributed by atoms with van der Waals surface area (Å²) >= 11 is 0. The van der Waals surface area contributed by atoms with Gasteiger partial charge in [0.05, 0.1) is 11.1 Å². The Morgan fingerprint density at radius 2 is 1.74 bits per heavy atom. The molecule has 0 aliphatic carbocycles. The number of aryl methyl sites for hydroxylation is 1. The van der Waals surface area contributed by atoms with E-state index in [2.05, 4.69) is 0 Å². The number of hydrogen-bond acceptors (Lipinski definition) is 2. The van der Waals surface area contributed by atoms with Crippen molar-refractivity contribution in [1.29, 1.82) is 0 Å². The molecule has 0 amide bonds. The van der Waals surface area contributed by atoms with E-state index in [0.29, 0.717) is 6.07 Å². The van der Waals surface area contributed by atoms with Gasteiger partial charge in [-0.25, -0.2) is 0 Å². The summed E-state index contributed by atoms with van der Waals surface area (Å²) in [5, 5.41) is 9.34. The van der Waals surface area contributed by atoms with Crippen molar-refractivity contribution in [2.75, 3.05) is 0 Å². The van der Waals surface area contributed by atoms with Crippen LogP contribution in [0.1, 0.15) is 18.4 Å². The molecule has 0 bridgehead atoms. The minimum absolute atomic E-state index is 0.329. The van der Waals surface area contributed by atoms with Gasteiger partial charge in [0.25, 0.3) is 5.56 Å². The number of nitrogens with zero attached hydrogens (tertiary/aromatic N) is 1. The van der Waals surface area contributed by atoms with E-state index >= 15 is 0 Å². The predicted molar refractivity (Wildman–Crippen MR) is 70.2 cm³/mol. The summed E-state index contributed by atoms with van der Waals surface area (Å²) in [5.41, 5.74) is -2.77. The topological polar surface area (TPSA) is 42.2 Å². The minimum atomic E-state index is -4.82. The van der Waals surface area contributed by atoms with Gasteiger partial charge >= 0.3 is 12.4 Å². The van der Waals surface area contributed by atoms with Gasteiger partial charge in [-0.2, -0.15) is 26.3 Å².